The summed E-state index contributed by atoms with van der Waals surface area (Å²) in [6.45, 7) is 2.29. The maximum Gasteiger partial charge on any atom is 0.269 e. The Morgan fingerprint density at radius 3 is 2.40 bits per heavy atom. The predicted molar refractivity (Wildman–Crippen MR) is 137 cm³/mol. The van der Waals surface area contributed by atoms with E-state index in [1.807, 2.05) is 43.3 Å². The van der Waals surface area contributed by atoms with Gasteiger partial charge in [-0.2, -0.15) is 0 Å². The highest BCUT2D eigenvalue weighted by Gasteiger charge is 2.17. The van der Waals surface area contributed by atoms with Crippen molar-refractivity contribution in [1.82, 2.24) is 15.8 Å². The molecule has 0 spiro atoms. The molecule has 1 aliphatic carbocycles. The molecular weight excluding hydrogens is 462 g/mol. The Morgan fingerprint density at radius 2 is 1.63 bits per heavy atom. The summed E-state index contributed by atoms with van der Waals surface area (Å²) >= 11 is 6.05. The minimum absolute atomic E-state index is 0.353. The molecule has 0 unspecified atom stereocenters. The summed E-state index contributed by atoms with van der Waals surface area (Å²) in [5.74, 6) is -0.0108. The third-order valence-corrected chi connectivity index (χ3v) is 6.82. The minimum atomic E-state index is -0.390. The summed E-state index contributed by atoms with van der Waals surface area (Å²) in [7, 11) is 0. The van der Waals surface area contributed by atoms with E-state index >= 15 is 0 Å². The Morgan fingerprint density at radius 1 is 0.914 bits per heavy atom. The molecule has 178 valence electrons. The monoisotopic (exact) mass is 487 g/mol. The van der Waals surface area contributed by atoms with Gasteiger partial charge in [0.1, 0.15) is 12.4 Å². The van der Waals surface area contributed by atoms with Crippen molar-refractivity contribution in [2.24, 2.45) is 0 Å². The number of hydrogen-bond acceptors (Lipinski definition) is 3. The van der Waals surface area contributed by atoms with Gasteiger partial charge in [-0.15, -0.1) is 0 Å². The van der Waals surface area contributed by atoms with Gasteiger partial charge in [0.2, 0.25) is 0 Å². The summed E-state index contributed by atoms with van der Waals surface area (Å²) in [5.41, 5.74) is 11.5. The number of benzene rings is 3. The van der Waals surface area contributed by atoms with Gasteiger partial charge in [-0.25, -0.2) is 0 Å². The molecule has 3 N–H and O–H groups in total. The number of aromatic amines is 1. The summed E-state index contributed by atoms with van der Waals surface area (Å²) in [6, 6.07) is 18.1. The lowest BCUT2D eigenvalue weighted by Crippen LogP contribution is -2.41. The third kappa shape index (κ3) is 5.03. The molecule has 0 saturated heterocycles. The largest absolute Gasteiger partial charge is 0.489 e. The second-order valence-corrected chi connectivity index (χ2v) is 9.26. The topological polar surface area (TPSA) is 83.2 Å². The molecule has 2 amide bonds. The summed E-state index contributed by atoms with van der Waals surface area (Å²) in [5, 5.41) is 1.79. The Hall–Kier alpha value is -3.77. The normalized spacial score (nSPS) is 12.7. The highest BCUT2D eigenvalue weighted by molar-refractivity contribution is 6.31. The van der Waals surface area contributed by atoms with Gasteiger partial charge in [-0.3, -0.25) is 20.4 Å². The van der Waals surface area contributed by atoms with E-state index in [9.17, 15) is 9.59 Å². The summed E-state index contributed by atoms with van der Waals surface area (Å²) in [6.07, 6.45) is 4.43. The second-order valence-electron chi connectivity index (χ2n) is 8.85. The van der Waals surface area contributed by atoms with E-state index in [1.165, 1.54) is 17.7 Å². The molecule has 0 radical (unpaired) electrons. The number of aryl methyl sites for hydroxylation is 3. The summed E-state index contributed by atoms with van der Waals surface area (Å²) in [4.78, 5) is 28.7. The lowest BCUT2D eigenvalue weighted by molar-refractivity contribution is 0.0847. The molecule has 1 heterocycles. The maximum atomic E-state index is 12.7. The predicted octanol–water partition coefficient (Wildman–Crippen LogP) is 5.66. The lowest BCUT2D eigenvalue weighted by Gasteiger charge is -2.11. The van der Waals surface area contributed by atoms with Gasteiger partial charge in [0, 0.05) is 32.7 Å². The van der Waals surface area contributed by atoms with Crippen molar-refractivity contribution in [3.8, 4) is 5.75 Å². The van der Waals surface area contributed by atoms with Crippen LogP contribution in [0.2, 0.25) is 5.02 Å². The lowest BCUT2D eigenvalue weighted by atomic mass is 9.95. The SMILES string of the molecule is Cc1cc(OCc2ccc(C(=O)NNC(=O)c3ccc4[nH]c5c(c4c3)CCCC5)cc2)ccc1Cl. The molecule has 6 nitrogen and oxygen atoms in total. The number of rotatable bonds is 5. The molecule has 4 aromatic rings. The van der Waals surface area contributed by atoms with Crippen LogP contribution in [0.3, 0.4) is 0 Å². The van der Waals surface area contributed by atoms with E-state index in [2.05, 4.69) is 15.8 Å². The van der Waals surface area contributed by atoms with Gasteiger partial charge in [-0.1, -0.05) is 23.7 Å². The number of hydrogen-bond donors (Lipinski definition) is 3. The van der Waals surface area contributed by atoms with Crippen LogP contribution >= 0.6 is 11.6 Å². The van der Waals surface area contributed by atoms with Crippen LogP contribution in [-0.2, 0) is 19.4 Å². The fourth-order valence-electron chi connectivity index (χ4n) is 4.43. The first-order valence-electron chi connectivity index (χ1n) is 11.7. The molecule has 3 aromatic carbocycles. The van der Waals surface area contributed by atoms with E-state index < -0.39 is 0 Å². The van der Waals surface area contributed by atoms with Crippen LogP contribution in [0.1, 0.15) is 55.9 Å². The van der Waals surface area contributed by atoms with Crippen molar-refractivity contribution in [2.45, 2.75) is 39.2 Å². The molecule has 5 rings (SSSR count). The molecule has 0 fully saturated rings. The fraction of sp³-hybridized carbons (Fsp3) is 0.214. The van der Waals surface area contributed by atoms with Crippen molar-refractivity contribution in [3.05, 3.63) is 99.2 Å². The number of hydrazine groups is 1. The molecule has 35 heavy (non-hydrogen) atoms. The van der Waals surface area contributed by atoms with Crippen molar-refractivity contribution in [3.63, 3.8) is 0 Å². The van der Waals surface area contributed by atoms with Crippen molar-refractivity contribution < 1.29 is 14.3 Å². The quantitative estimate of drug-likeness (QED) is 0.317. The van der Waals surface area contributed by atoms with Gasteiger partial charge in [0.25, 0.3) is 11.8 Å². The van der Waals surface area contributed by atoms with Gasteiger partial charge >= 0.3 is 0 Å². The van der Waals surface area contributed by atoms with Gasteiger partial charge in [0.15, 0.2) is 0 Å². The van der Waals surface area contributed by atoms with Crippen molar-refractivity contribution in [1.29, 1.82) is 0 Å². The number of fused-ring (bicyclic) bond motifs is 3. The van der Waals surface area contributed by atoms with Crippen LogP contribution < -0.4 is 15.6 Å². The fourth-order valence-corrected chi connectivity index (χ4v) is 4.55. The Labute approximate surface area is 208 Å². The van der Waals surface area contributed by atoms with E-state index in [0.29, 0.717) is 22.8 Å². The molecule has 7 heteroatoms. The van der Waals surface area contributed by atoms with E-state index in [-0.39, 0.29) is 11.8 Å². The van der Waals surface area contributed by atoms with Gasteiger partial charge in [0.05, 0.1) is 0 Å². The Bertz CT molecular complexity index is 1410. The average molecular weight is 488 g/mol. The maximum absolute atomic E-state index is 12.7. The van der Waals surface area contributed by atoms with Crippen molar-refractivity contribution in [2.75, 3.05) is 0 Å². The highest BCUT2D eigenvalue weighted by atomic mass is 35.5. The Balaban J connectivity index is 1.17. The van der Waals surface area contributed by atoms with E-state index in [4.69, 9.17) is 16.3 Å². The van der Waals surface area contributed by atoms with Crippen LogP contribution in [0.4, 0.5) is 0 Å². The van der Waals surface area contributed by atoms with E-state index in [0.717, 1.165) is 47.0 Å². The molecule has 0 saturated carbocycles. The van der Waals surface area contributed by atoms with Crippen LogP contribution in [0.15, 0.2) is 60.7 Å². The molecule has 0 atom stereocenters. The molecule has 0 aliphatic heterocycles. The van der Waals surface area contributed by atoms with Crippen LogP contribution in [0.5, 0.6) is 5.75 Å². The molecule has 1 aliphatic rings. The summed E-state index contributed by atoms with van der Waals surface area (Å²) < 4.78 is 5.80. The average Bonchev–Trinajstić information content (AvgIpc) is 3.26. The molecule has 1 aromatic heterocycles. The van der Waals surface area contributed by atoms with Gasteiger partial charge in [-0.05, 0) is 97.8 Å². The number of nitrogens with one attached hydrogen (secondary N) is 3. The number of H-pyrrole nitrogens is 1. The first kappa shape index (κ1) is 23.0. The number of ether oxygens (including phenoxy) is 1. The zero-order valence-electron chi connectivity index (χ0n) is 19.4. The van der Waals surface area contributed by atoms with Gasteiger partial charge < -0.3 is 9.72 Å². The molecule has 0 bridgehead atoms. The Kier molecular flexibility index (Phi) is 6.47. The standard InChI is InChI=1S/C28H26ClN3O3/c1-17-14-21(11-12-24(17)29)35-16-18-6-8-19(9-7-18)27(33)31-32-28(34)20-10-13-26-23(15-20)22-4-2-3-5-25(22)30-26/h6-15,30H,2-5,16H2,1H3,(H,31,33)(H,32,34). The number of carbonyl (C=O) groups is 2. The van der Waals surface area contributed by atoms with Crippen LogP contribution in [-0.4, -0.2) is 16.8 Å². The van der Waals surface area contributed by atoms with Crippen LogP contribution in [0, 0.1) is 6.92 Å². The number of aromatic nitrogens is 1. The zero-order valence-corrected chi connectivity index (χ0v) is 20.2. The third-order valence-electron chi connectivity index (χ3n) is 6.40. The zero-order chi connectivity index (χ0) is 24.4. The number of amides is 2. The highest BCUT2D eigenvalue weighted by Crippen LogP contribution is 2.29. The first-order valence-corrected chi connectivity index (χ1v) is 12.1. The van der Waals surface area contributed by atoms with Crippen LogP contribution in [0.25, 0.3) is 10.9 Å². The number of halogens is 1. The first-order chi connectivity index (χ1) is 17.0. The number of carbonyl (C=O) groups excluding carboxylic acids is 2. The van der Waals surface area contributed by atoms with E-state index in [1.54, 1.807) is 24.3 Å². The smallest absolute Gasteiger partial charge is 0.269 e. The molecular formula is C28H26ClN3O3. The van der Waals surface area contributed by atoms with Crippen molar-refractivity contribution >= 4 is 34.3 Å². The second kappa shape index (κ2) is 9.84. The minimum Gasteiger partial charge on any atom is -0.489 e.